The van der Waals surface area contributed by atoms with Crippen LogP contribution in [0, 0.1) is 0 Å². The van der Waals surface area contributed by atoms with Crippen molar-refractivity contribution in [2.24, 2.45) is 0 Å². The van der Waals surface area contributed by atoms with Gasteiger partial charge in [0.2, 0.25) is 0 Å². The first kappa shape index (κ1) is 29.2. The third-order valence-electron chi connectivity index (χ3n) is 8.17. The van der Waals surface area contributed by atoms with E-state index in [2.05, 4.69) is 14.8 Å². The van der Waals surface area contributed by atoms with E-state index >= 15 is 0 Å². The van der Waals surface area contributed by atoms with Gasteiger partial charge in [-0.25, -0.2) is 14.8 Å². The van der Waals surface area contributed by atoms with Crippen LogP contribution in [-0.4, -0.2) is 66.4 Å². The summed E-state index contributed by atoms with van der Waals surface area (Å²) in [5, 5.41) is 2.48. The first-order chi connectivity index (χ1) is 20.7. The van der Waals surface area contributed by atoms with Gasteiger partial charge >= 0.3 is 12.3 Å². The van der Waals surface area contributed by atoms with Crippen molar-refractivity contribution in [1.82, 2.24) is 20.2 Å². The Kier molecular flexibility index (Phi) is 8.15. The van der Waals surface area contributed by atoms with Crippen molar-refractivity contribution in [2.75, 3.05) is 44.2 Å². The molecule has 1 fully saturated rings. The van der Waals surface area contributed by atoms with Crippen molar-refractivity contribution in [2.45, 2.75) is 31.0 Å². The van der Waals surface area contributed by atoms with Crippen LogP contribution in [0.3, 0.4) is 0 Å². The van der Waals surface area contributed by atoms with Crippen LogP contribution in [-0.2, 0) is 10.3 Å². The molecule has 1 N–H and O–H groups in total. The highest BCUT2D eigenvalue weighted by Gasteiger charge is 2.46. The number of fused-ring (bicyclic) bond motifs is 4. The average molecular weight is 610 g/mol. The molecule has 2 heterocycles. The number of ether oxygens (including phenoxy) is 1. The van der Waals surface area contributed by atoms with E-state index in [1.807, 2.05) is 66.0 Å². The SMILES string of the molecule is O=C(NCC(F)(F)F)OC1(CCCCN2CCN(c3cnc4c(Cl)cccc4n3)CC2)c2ccccc2-c2ccccc21. The summed E-state index contributed by atoms with van der Waals surface area (Å²) in [4.78, 5) is 26.6. The highest BCUT2D eigenvalue weighted by Crippen LogP contribution is 2.52. The van der Waals surface area contributed by atoms with Crippen LogP contribution in [0.4, 0.5) is 23.8 Å². The summed E-state index contributed by atoms with van der Waals surface area (Å²) in [7, 11) is 0. The van der Waals surface area contributed by atoms with E-state index in [1.165, 1.54) is 0 Å². The summed E-state index contributed by atoms with van der Waals surface area (Å²) in [5.41, 5.74) is 3.74. The molecule has 2 aliphatic rings. The number of hydrogen-bond acceptors (Lipinski definition) is 6. The maximum atomic E-state index is 12.8. The Morgan fingerprint density at radius 2 is 1.60 bits per heavy atom. The minimum atomic E-state index is -4.53. The zero-order chi connectivity index (χ0) is 30.0. The molecule has 0 saturated carbocycles. The lowest BCUT2D eigenvalue weighted by molar-refractivity contribution is -0.124. The molecule has 1 saturated heterocycles. The monoisotopic (exact) mass is 609 g/mol. The number of piperazine rings is 1. The molecule has 1 aromatic heterocycles. The lowest BCUT2D eigenvalue weighted by Crippen LogP contribution is -2.47. The van der Waals surface area contributed by atoms with Crippen LogP contribution < -0.4 is 10.2 Å². The number of aromatic nitrogens is 2. The predicted octanol–water partition coefficient (Wildman–Crippen LogP) is 6.79. The summed E-state index contributed by atoms with van der Waals surface area (Å²) in [6, 6.07) is 20.8. The molecule has 0 unspecified atom stereocenters. The number of anilines is 1. The van der Waals surface area contributed by atoms with E-state index in [9.17, 15) is 18.0 Å². The molecule has 1 amide bonds. The minimum absolute atomic E-state index is 0.454. The van der Waals surface area contributed by atoms with Gasteiger partial charge in [0, 0.05) is 37.3 Å². The van der Waals surface area contributed by atoms with Gasteiger partial charge in [0.15, 0.2) is 5.60 Å². The van der Waals surface area contributed by atoms with Crippen molar-refractivity contribution >= 4 is 34.5 Å². The van der Waals surface area contributed by atoms with Gasteiger partial charge in [0.25, 0.3) is 0 Å². The van der Waals surface area contributed by atoms with E-state index in [0.717, 1.165) is 72.7 Å². The van der Waals surface area contributed by atoms with Gasteiger partial charge < -0.3 is 15.0 Å². The number of hydrogen-bond donors (Lipinski definition) is 1. The Hall–Kier alpha value is -3.89. The van der Waals surface area contributed by atoms with Crippen LogP contribution in [0.1, 0.15) is 30.4 Å². The number of rotatable bonds is 8. The lowest BCUT2D eigenvalue weighted by Gasteiger charge is -2.36. The maximum Gasteiger partial charge on any atom is 0.408 e. The van der Waals surface area contributed by atoms with E-state index in [-0.39, 0.29) is 0 Å². The molecule has 11 heteroatoms. The van der Waals surface area contributed by atoms with Crippen molar-refractivity contribution < 1.29 is 22.7 Å². The number of alkyl carbamates (subject to hydrolysis) is 1. The number of nitrogens with zero attached hydrogens (tertiary/aromatic N) is 4. The van der Waals surface area contributed by atoms with E-state index < -0.39 is 24.4 Å². The first-order valence-corrected chi connectivity index (χ1v) is 14.7. The van der Waals surface area contributed by atoms with Crippen molar-refractivity contribution in [3.05, 3.63) is 89.1 Å². The molecule has 7 nitrogen and oxygen atoms in total. The van der Waals surface area contributed by atoms with Crippen LogP contribution >= 0.6 is 11.6 Å². The Balaban J connectivity index is 1.10. The summed E-state index contributed by atoms with van der Waals surface area (Å²) >= 11 is 6.24. The van der Waals surface area contributed by atoms with Crippen LogP contribution in [0.2, 0.25) is 5.02 Å². The van der Waals surface area contributed by atoms with Crippen LogP contribution in [0.5, 0.6) is 0 Å². The summed E-state index contributed by atoms with van der Waals surface area (Å²) in [5.74, 6) is 0.830. The molecule has 3 aromatic carbocycles. The minimum Gasteiger partial charge on any atom is -0.433 e. The molecule has 0 atom stereocenters. The molecule has 0 radical (unpaired) electrons. The number of unbranched alkanes of at least 4 members (excludes halogenated alkanes) is 1. The molecule has 4 aromatic rings. The Morgan fingerprint density at radius 1 is 0.930 bits per heavy atom. The summed E-state index contributed by atoms with van der Waals surface area (Å²) < 4.78 is 44.5. The number of para-hydroxylation sites is 1. The Labute approximate surface area is 252 Å². The molecule has 1 aliphatic heterocycles. The zero-order valence-electron chi connectivity index (χ0n) is 23.4. The maximum absolute atomic E-state index is 12.8. The van der Waals surface area contributed by atoms with Crippen LogP contribution in [0.15, 0.2) is 72.9 Å². The van der Waals surface area contributed by atoms with Gasteiger partial charge in [-0.2, -0.15) is 13.2 Å². The van der Waals surface area contributed by atoms with Gasteiger partial charge in [-0.05, 0) is 49.1 Å². The molecular weight excluding hydrogens is 579 g/mol. The van der Waals surface area contributed by atoms with Crippen LogP contribution in [0.25, 0.3) is 22.2 Å². The second-order valence-corrected chi connectivity index (χ2v) is 11.3. The fraction of sp³-hybridized carbons (Fsp3) is 0.344. The quantitative estimate of drug-likeness (QED) is 0.222. The second kappa shape index (κ2) is 12.0. The fourth-order valence-electron chi connectivity index (χ4n) is 6.14. The van der Waals surface area contributed by atoms with Crippen molar-refractivity contribution in [3.63, 3.8) is 0 Å². The summed E-state index contributed by atoms with van der Waals surface area (Å²) in [6.07, 6.45) is -1.84. The van der Waals surface area contributed by atoms with E-state index in [4.69, 9.17) is 21.3 Å². The van der Waals surface area contributed by atoms with Crippen molar-refractivity contribution in [3.8, 4) is 11.1 Å². The number of amides is 1. The second-order valence-electron chi connectivity index (χ2n) is 10.9. The highest BCUT2D eigenvalue weighted by molar-refractivity contribution is 6.34. The van der Waals surface area contributed by atoms with Crippen molar-refractivity contribution in [1.29, 1.82) is 0 Å². The van der Waals surface area contributed by atoms with Gasteiger partial charge in [0.05, 0.1) is 16.7 Å². The number of benzene rings is 3. The largest absolute Gasteiger partial charge is 0.433 e. The molecule has 0 bridgehead atoms. The molecule has 6 rings (SSSR count). The molecule has 0 spiro atoms. The third-order valence-corrected chi connectivity index (χ3v) is 8.48. The number of nitrogens with one attached hydrogen (secondary N) is 1. The predicted molar refractivity (Wildman–Crippen MR) is 160 cm³/mol. The number of halogens is 4. The number of carbonyl (C=O) groups excluding carboxylic acids is 1. The molecule has 224 valence electrons. The smallest absolute Gasteiger partial charge is 0.408 e. The molecule has 43 heavy (non-hydrogen) atoms. The number of carbonyl (C=O) groups is 1. The van der Waals surface area contributed by atoms with E-state index in [1.54, 1.807) is 12.3 Å². The summed E-state index contributed by atoms with van der Waals surface area (Å²) in [6.45, 7) is 2.76. The van der Waals surface area contributed by atoms with E-state index in [0.29, 0.717) is 23.4 Å². The normalized spacial score (nSPS) is 16.1. The highest BCUT2D eigenvalue weighted by atomic mass is 35.5. The Morgan fingerprint density at radius 3 is 2.28 bits per heavy atom. The van der Waals surface area contributed by atoms with Gasteiger partial charge in [-0.1, -0.05) is 66.2 Å². The average Bonchev–Trinajstić information content (AvgIpc) is 3.28. The molecule has 1 aliphatic carbocycles. The van der Waals surface area contributed by atoms with Gasteiger partial charge in [0.1, 0.15) is 17.9 Å². The number of alkyl halides is 3. The van der Waals surface area contributed by atoms with Gasteiger partial charge in [-0.15, -0.1) is 0 Å². The lowest BCUT2D eigenvalue weighted by atomic mass is 9.86. The third kappa shape index (κ3) is 6.12. The standard InChI is InChI=1S/C32H31ClF3N5O2/c33-26-12-7-13-27-29(26)37-20-28(39-27)41-18-16-40(17-19-41)15-6-5-14-31(43-30(42)38-21-32(34,35)36)24-10-3-1-8-22(24)23-9-2-4-11-25(23)31/h1-4,7-13,20H,5-6,14-19,21H2,(H,38,42). The zero-order valence-corrected chi connectivity index (χ0v) is 24.2. The Bertz CT molecular complexity index is 1580. The first-order valence-electron chi connectivity index (χ1n) is 14.4. The molecular formula is C32H31ClF3N5O2. The topological polar surface area (TPSA) is 70.6 Å². The fourth-order valence-corrected chi connectivity index (χ4v) is 6.36. The van der Waals surface area contributed by atoms with Gasteiger partial charge in [-0.3, -0.25) is 4.90 Å².